The predicted octanol–water partition coefficient (Wildman–Crippen LogP) is 0.690. The van der Waals surface area contributed by atoms with Crippen LogP contribution in [0.2, 0.25) is 0 Å². The number of rotatable bonds is 7. The van der Waals surface area contributed by atoms with Crippen LogP contribution in [0.3, 0.4) is 0 Å². The maximum absolute atomic E-state index is 11.5. The molecule has 0 spiro atoms. The fourth-order valence-corrected chi connectivity index (χ4v) is 2.17. The third-order valence-electron chi connectivity index (χ3n) is 3.81. The molecule has 0 aromatic carbocycles. The van der Waals surface area contributed by atoms with Gasteiger partial charge in [0.15, 0.2) is 0 Å². The van der Waals surface area contributed by atoms with Crippen molar-refractivity contribution in [1.82, 2.24) is 10.6 Å². The highest BCUT2D eigenvalue weighted by Gasteiger charge is 2.44. The molecule has 0 saturated heterocycles. The van der Waals surface area contributed by atoms with Crippen LogP contribution >= 0.6 is 0 Å². The summed E-state index contributed by atoms with van der Waals surface area (Å²) in [6, 6.07) is -0.601. The molecule has 1 unspecified atom stereocenters. The summed E-state index contributed by atoms with van der Waals surface area (Å²) in [7, 11) is 1.33. The molecule has 1 fully saturated rings. The third-order valence-corrected chi connectivity index (χ3v) is 3.81. The van der Waals surface area contributed by atoms with Gasteiger partial charge in [-0.15, -0.1) is 0 Å². The van der Waals surface area contributed by atoms with Crippen LogP contribution in [0.25, 0.3) is 0 Å². The molecule has 1 aliphatic rings. The molecular weight excluding hydrogens is 232 g/mol. The summed E-state index contributed by atoms with van der Waals surface area (Å²) in [4.78, 5) is 22.5. The Morgan fingerprint density at radius 3 is 2.33 bits per heavy atom. The Hall–Kier alpha value is -1.10. The SMILES string of the molecule is COC(=O)C(CNCC1(C(C)C)CC1)NC(C)=O. The van der Waals surface area contributed by atoms with Gasteiger partial charge in [0.25, 0.3) is 0 Å². The first-order valence-electron chi connectivity index (χ1n) is 6.47. The molecule has 1 amide bonds. The average Bonchev–Trinajstić information content (AvgIpc) is 3.07. The van der Waals surface area contributed by atoms with Gasteiger partial charge in [-0.1, -0.05) is 13.8 Å². The van der Waals surface area contributed by atoms with Gasteiger partial charge in [0.1, 0.15) is 6.04 Å². The zero-order valence-electron chi connectivity index (χ0n) is 11.7. The number of hydrogen-bond donors (Lipinski definition) is 2. The van der Waals surface area contributed by atoms with Crippen molar-refractivity contribution < 1.29 is 14.3 Å². The summed E-state index contributed by atoms with van der Waals surface area (Å²) in [5, 5.41) is 5.87. The molecule has 1 atom stereocenters. The van der Waals surface area contributed by atoms with Crippen molar-refractivity contribution in [2.24, 2.45) is 11.3 Å². The fourth-order valence-electron chi connectivity index (χ4n) is 2.17. The number of carbonyl (C=O) groups is 2. The number of amides is 1. The molecule has 0 aromatic heterocycles. The minimum Gasteiger partial charge on any atom is -0.467 e. The molecular formula is C13H24N2O3. The Morgan fingerprint density at radius 1 is 1.33 bits per heavy atom. The van der Waals surface area contributed by atoms with E-state index in [-0.39, 0.29) is 5.91 Å². The quantitative estimate of drug-likeness (QED) is 0.658. The lowest BCUT2D eigenvalue weighted by Gasteiger charge is -2.22. The van der Waals surface area contributed by atoms with E-state index in [4.69, 9.17) is 0 Å². The normalized spacial score (nSPS) is 18.3. The Morgan fingerprint density at radius 2 is 1.94 bits per heavy atom. The highest BCUT2D eigenvalue weighted by Crippen LogP contribution is 2.51. The van der Waals surface area contributed by atoms with Crippen LogP contribution in [0, 0.1) is 11.3 Å². The van der Waals surface area contributed by atoms with Crippen LogP contribution in [0.1, 0.15) is 33.6 Å². The Bertz CT molecular complexity index is 311. The van der Waals surface area contributed by atoms with Gasteiger partial charge in [-0.3, -0.25) is 4.79 Å². The van der Waals surface area contributed by atoms with Crippen LogP contribution in [-0.2, 0) is 14.3 Å². The molecule has 2 N–H and O–H groups in total. The van der Waals surface area contributed by atoms with Crippen molar-refractivity contribution in [3.8, 4) is 0 Å². The standard InChI is InChI=1S/C13H24N2O3/c1-9(2)13(5-6-13)8-14-7-11(12(17)18-4)15-10(3)16/h9,11,14H,5-8H2,1-4H3,(H,15,16). The number of hydrogen-bond acceptors (Lipinski definition) is 4. The van der Waals surface area contributed by atoms with E-state index in [1.807, 2.05) is 0 Å². The molecule has 104 valence electrons. The summed E-state index contributed by atoms with van der Waals surface area (Å²) in [6.45, 7) is 7.14. The lowest BCUT2D eigenvalue weighted by Crippen LogP contribution is -2.48. The number of carbonyl (C=O) groups excluding carboxylic acids is 2. The lowest BCUT2D eigenvalue weighted by atomic mass is 9.92. The number of methoxy groups -OCH3 is 1. The molecule has 5 heteroatoms. The van der Waals surface area contributed by atoms with Crippen LogP contribution < -0.4 is 10.6 Å². The van der Waals surface area contributed by atoms with Crippen molar-refractivity contribution >= 4 is 11.9 Å². The van der Waals surface area contributed by atoms with Crippen LogP contribution in [0.5, 0.6) is 0 Å². The molecule has 18 heavy (non-hydrogen) atoms. The molecule has 0 aliphatic heterocycles. The molecule has 0 aromatic rings. The Labute approximate surface area is 109 Å². The maximum Gasteiger partial charge on any atom is 0.329 e. The topological polar surface area (TPSA) is 67.4 Å². The predicted molar refractivity (Wildman–Crippen MR) is 69.0 cm³/mol. The van der Waals surface area contributed by atoms with E-state index in [1.54, 1.807) is 0 Å². The molecule has 5 nitrogen and oxygen atoms in total. The van der Waals surface area contributed by atoms with E-state index in [0.29, 0.717) is 17.9 Å². The second-order valence-electron chi connectivity index (χ2n) is 5.42. The first-order chi connectivity index (χ1) is 8.41. The number of ether oxygens (including phenoxy) is 1. The van der Waals surface area contributed by atoms with Crippen LogP contribution in [-0.4, -0.2) is 38.1 Å². The van der Waals surface area contributed by atoms with Crippen molar-refractivity contribution in [2.45, 2.75) is 39.7 Å². The van der Waals surface area contributed by atoms with E-state index in [1.165, 1.54) is 26.9 Å². The number of nitrogens with one attached hydrogen (secondary N) is 2. The van der Waals surface area contributed by atoms with Gasteiger partial charge in [-0.05, 0) is 24.2 Å². The minimum atomic E-state index is -0.601. The Kier molecular flexibility index (Phi) is 5.14. The largest absolute Gasteiger partial charge is 0.467 e. The minimum absolute atomic E-state index is 0.225. The van der Waals surface area contributed by atoms with Gasteiger partial charge >= 0.3 is 5.97 Å². The molecule has 0 heterocycles. The van der Waals surface area contributed by atoms with E-state index in [9.17, 15) is 9.59 Å². The molecule has 0 bridgehead atoms. The summed E-state index contributed by atoms with van der Waals surface area (Å²) in [5.74, 6) is 0.00614. The first kappa shape index (κ1) is 15.0. The Balaban J connectivity index is 2.38. The second kappa shape index (κ2) is 6.18. The van der Waals surface area contributed by atoms with Gasteiger partial charge in [0, 0.05) is 20.0 Å². The van der Waals surface area contributed by atoms with E-state index in [0.717, 1.165) is 6.54 Å². The summed E-state index contributed by atoms with van der Waals surface area (Å²) < 4.78 is 4.67. The van der Waals surface area contributed by atoms with Crippen molar-refractivity contribution in [1.29, 1.82) is 0 Å². The van der Waals surface area contributed by atoms with Gasteiger partial charge < -0.3 is 15.4 Å². The molecule has 1 saturated carbocycles. The smallest absolute Gasteiger partial charge is 0.329 e. The summed E-state index contributed by atoms with van der Waals surface area (Å²) >= 11 is 0. The van der Waals surface area contributed by atoms with E-state index in [2.05, 4.69) is 29.2 Å². The first-order valence-corrected chi connectivity index (χ1v) is 6.47. The fraction of sp³-hybridized carbons (Fsp3) is 0.846. The van der Waals surface area contributed by atoms with Gasteiger partial charge in [-0.2, -0.15) is 0 Å². The van der Waals surface area contributed by atoms with Gasteiger partial charge in [0.2, 0.25) is 5.91 Å². The zero-order valence-corrected chi connectivity index (χ0v) is 11.7. The van der Waals surface area contributed by atoms with Crippen molar-refractivity contribution in [3.63, 3.8) is 0 Å². The third kappa shape index (κ3) is 3.98. The summed E-state index contributed by atoms with van der Waals surface area (Å²) in [6.07, 6.45) is 2.47. The zero-order chi connectivity index (χ0) is 13.8. The highest BCUT2D eigenvalue weighted by atomic mass is 16.5. The van der Waals surface area contributed by atoms with Gasteiger partial charge in [-0.25, -0.2) is 4.79 Å². The maximum atomic E-state index is 11.5. The van der Waals surface area contributed by atoms with E-state index < -0.39 is 12.0 Å². The second-order valence-corrected chi connectivity index (χ2v) is 5.42. The lowest BCUT2D eigenvalue weighted by molar-refractivity contribution is -0.144. The molecule has 1 aliphatic carbocycles. The van der Waals surface area contributed by atoms with Crippen molar-refractivity contribution in [3.05, 3.63) is 0 Å². The van der Waals surface area contributed by atoms with Crippen molar-refractivity contribution in [2.75, 3.05) is 20.2 Å². The molecule has 0 radical (unpaired) electrons. The van der Waals surface area contributed by atoms with E-state index >= 15 is 0 Å². The average molecular weight is 256 g/mol. The van der Waals surface area contributed by atoms with Gasteiger partial charge in [0.05, 0.1) is 7.11 Å². The highest BCUT2D eigenvalue weighted by molar-refractivity contribution is 5.83. The summed E-state index contributed by atoms with van der Waals surface area (Å²) in [5.41, 5.74) is 0.386. The van der Waals surface area contributed by atoms with Crippen LogP contribution in [0.4, 0.5) is 0 Å². The monoisotopic (exact) mass is 256 g/mol. The number of esters is 1. The van der Waals surface area contributed by atoms with Crippen LogP contribution in [0.15, 0.2) is 0 Å². The molecule has 1 rings (SSSR count).